The van der Waals surface area contributed by atoms with Crippen LogP contribution >= 0.6 is 0 Å². The lowest BCUT2D eigenvalue weighted by Crippen LogP contribution is -2.74. The number of fused-ring (bicyclic) bond motifs is 4. The summed E-state index contributed by atoms with van der Waals surface area (Å²) in [7, 11) is 0. The van der Waals surface area contributed by atoms with Crippen LogP contribution in [0.2, 0.25) is 0 Å². The molecule has 2 atom stereocenters. The summed E-state index contributed by atoms with van der Waals surface area (Å²) in [6.07, 6.45) is -0.499. The molecule has 3 aliphatic rings. The van der Waals surface area contributed by atoms with Crippen LogP contribution in [0.5, 0.6) is 0 Å². The number of rotatable bonds is 1. The minimum absolute atomic E-state index is 0.0518. The molecule has 10 nitrogen and oxygen atoms in total. The number of carbonyl (C=O) groups is 3. The zero-order valence-corrected chi connectivity index (χ0v) is 13.9. The Morgan fingerprint density at radius 2 is 1.96 bits per heavy atom. The first kappa shape index (κ1) is 16.5. The van der Waals surface area contributed by atoms with Crippen LogP contribution in [0, 0.1) is 15.5 Å². The maximum Gasteiger partial charge on any atom is 0.328 e. The summed E-state index contributed by atoms with van der Waals surface area (Å²) >= 11 is 0. The van der Waals surface area contributed by atoms with E-state index in [1.807, 2.05) is 4.90 Å². The Labute approximate surface area is 147 Å². The first-order chi connectivity index (χ1) is 12.3. The number of hydrogen-bond donors (Lipinski definition) is 2. The van der Waals surface area contributed by atoms with Crippen molar-refractivity contribution in [2.75, 3.05) is 18.1 Å². The molecular weight excluding hydrogens is 344 g/mol. The van der Waals surface area contributed by atoms with Crippen LogP contribution in [0.25, 0.3) is 0 Å². The van der Waals surface area contributed by atoms with E-state index in [9.17, 15) is 24.5 Å². The third-order valence-electron chi connectivity index (χ3n) is 5.32. The molecular formula is C16H16N4O6. The molecule has 1 aromatic rings. The lowest BCUT2D eigenvalue weighted by atomic mass is 9.67. The topological polar surface area (TPSA) is 131 Å². The minimum atomic E-state index is -1.60. The molecule has 0 aliphatic carbocycles. The number of imide groups is 2. The lowest BCUT2D eigenvalue weighted by molar-refractivity contribution is -0.384. The van der Waals surface area contributed by atoms with Crippen molar-refractivity contribution >= 4 is 29.2 Å². The van der Waals surface area contributed by atoms with Crippen molar-refractivity contribution in [3.8, 4) is 0 Å². The van der Waals surface area contributed by atoms with E-state index in [-0.39, 0.29) is 12.1 Å². The van der Waals surface area contributed by atoms with Crippen molar-refractivity contribution in [2.24, 2.45) is 5.41 Å². The maximum absolute atomic E-state index is 12.8. The van der Waals surface area contributed by atoms with E-state index in [4.69, 9.17) is 4.74 Å². The number of barbiturate groups is 1. The second-order valence-corrected chi connectivity index (χ2v) is 6.67. The molecule has 4 amide bonds. The zero-order chi connectivity index (χ0) is 18.6. The molecule has 1 aromatic carbocycles. The number of nitro benzene ring substituents is 1. The highest BCUT2D eigenvalue weighted by atomic mass is 16.6. The van der Waals surface area contributed by atoms with Gasteiger partial charge in [0.2, 0.25) is 11.8 Å². The Morgan fingerprint density at radius 1 is 1.27 bits per heavy atom. The van der Waals surface area contributed by atoms with Gasteiger partial charge in [-0.05, 0) is 18.6 Å². The quantitative estimate of drug-likeness (QED) is 0.412. The number of urea groups is 1. The number of amides is 4. The Morgan fingerprint density at radius 3 is 2.62 bits per heavy atom. The fourth-order valence-corrected chi connectivity index (χ4v) is 4.26. The third kappa shape index (κ3) is 2.11. The summed E-state index contributed by atoms with van der Waals surface area (Å²) < 4.78 is 5.68. The van der Waals surface area contributed by atoms with Crippen LogP contribution in [-0.4, -0.2) is 48.1 Å². The predicted molar refractivity (Wildman–Crippen MR) is 87.5 cm³/mol. The van der Waals surface area contributed by atoms with Gasteiger partial charge in [-0.1, -0.05) is 0 Å². The maximum atomic E-state index is 12.8. The van der Waals surface area contributed by atoms with E-state index in [0.717, 1.165) is 5.69 Å². The fourth-order valence-electron chi connectivity index (χ4n) is 4.26. The molecule has 0 aromatic heterocycles. The van der Waals surface area contributed by atoms with Crippen LogP contribution < -0.4 is 15.5 Å². The number of benzene rings is 1. The molecule has 2 saturated heterocycles. The van der Waals surface area contributed by atoms with Crippen molar-refractivity contribution in [2.45, 2.75) is 25.5 Å². The van der Waals surface area contributed by atoms with Crippen LogP contribution in [-0.2, 0) is 20.7 Å². The summed E-state index contributed by atoms with van der Waals surface area (Å²) in [5.74, 6) is -1.42. The second kappa shape index (κ2) is 5.49. The van der Waals surface area contributed by atoms with Crippen molar-refractivity contribution in [1.82, 2.24) is 10.6 Å². The summed E-state index contributed by atoms with van der Waals surface area (Å²) in [6.45, 7) is 2.59. The third-order valence-corrected chi connectivity index (χ3v) is 5.32. The molecule has 0 saturated carbocycles. The molecule has 0 bridgehead atoms. The molecule has 3 aliphatic heterocycles. The van der Waals surface area contributed by atoms with Crippen LogP contribution in [0.4, 0.5) is 16.2 Å². The van der Waals surface area contributed by atoms with Gasteiger partial charge in [0.15, 0.2) is 5.41 Å². The van der Waals surface area contributed by atoms with Gasteiger partial charge in [0, 0.05) is 30.8 Å². The monoisotopic (exact) mass is 360 g/mol. The highest BCUT2D eigenvalue weighted by Gasteiger charge is 2.62. The normalized spacial score (nSPS) is 26.7. The largest absolute Gasteiger partial charge is 0.374 e. The summed E-state index contributed by atoms with van der Waals surface area (Å²) in [5.41, 5.74) is -0.467. The van der Waals surface area contributed by atoms with Gasteiger partial charge >= 0.3 is 6.03 Å². The SMILES string of the molecule is CC1OCCN2c3ccc([N+](=O)[O-])cc3CC3(C(=O)NC(=O)NC3=O)C12. The van der Waals surface area contributed by atoms with Gasteiger partial charge in [-0.2, -0.15) is 0 Å². The van der Waals surface area contributed by atoms with E-state index in [2.05, 4.69) is 10.6 Å². The van der Waals surface area contributed by atoms with Gasteiger partial charge in [-0.3, -0.25) is 30.3 Å². The average molecular weight is 360 g/mol. The number of morpholine rings is 1. The van der Waals surface area contributed by atoms with E-state index < -0.39 is 40.3 Å². The minimum Gasteiger partial charge on any atom is -0.374 e. The van der Waals surface area contributed by atoms with E-state index >= 15 is 0 Å². The smallest absolute Gasteiger partial charge is 0.328 e. The van der Waals surface area contributed by atoms with Crippen LogP contribution in [0.3, 0.4) is 0 Å². The first-order valence-electron chi connectivity index (χ1n) is 8.17. The number of ether oxygens (including phenoxy) is 1. The molecule has 0 radical (unpaired) electrons. The van der Waals surface area contributed by atoms with Gasteiger partial charge < -0.3 is 9.64 Å². The Kier molecular flexibility index (Phi) is 3.48. The molecule has 26 heavy (non-hydrogen) atoms. The first-order valence-corrected chi connectivity index (χ1v) is 8.17. The molecule has 1 spiro atoms. The number of nitrogens with one attached hydrogen (secondary N) is 2. The molecule has 2 N–H and O–H groups in total. The van der Waals surface area contributed by atoms with Crippen molar-refractivity contribution in [3.05, 3.63) is 33.9 Å². The fraction of sp³-hybridized carbons (Fsp3) is 0.438. The summed E-state index contributed by atoms with van der Waals surface area (Å²) in [5, 5.41) is 15.5. The van der Waals surface area contributed by atoms with Gasteiger partial charge in [-0.25, -0.2) is 4.79 Å². The molecule has 10 heteroatoms. The Bertz CT molecular complexity index is 833. The number of nitrogens with zero attached hydrogens (tertiary/aromatic N) is 2. The van der Waals surface area contributed by atoms with E-state index in [0.29, 0.717) is 18.7 Å². The van der Waals surface area contributed by atoms with Crippen molar-refractivity contribution < 1.29 is 24.0 Å². The zero-order valence-electron chi connectivity index (χ0n) is 13.9. The number of nitro groups is 1. The predicted octanol–water partition coefficient (Wildman–Crippen LogP) is 0.0970. The number of carbonyl (C=O) groups excluding carboxylic acids is 3. The van der Waals surface area contributed by atoms with E-state index in [1.54, 1.807) is 13.0 Å². The standard InChI is InChI=1S/C16H16N4O6/c1-8-12-16(13(21)17-15(23)18-14(16)22)7-9-6-10(20(24)25)2-3-11(9)19(12)4-5-26-8/h2-3,6,8,12H,4-5,7H2,1H3,(H2,17,18,21,22,23). The average Bonchev–Trinajstić information content (AvgIpc) is 2.59. The van der Waals surface area contributed by atoms with Crippen LogP contribution in [0.1, 0.15) is 12.5 Å². The number of anilines is 1. The Hall–Kier alpha value is -3.01. The van der Waals surface area contributed by atoms with Gasteiger partial charge in [0.1, 0.15) is 0 Å². The summed E-state index contributed by atoms with van der Waals surface area (Å²) in [6, 6.07) is 2.92. The molecule has 2 fully saturated rings. The van der Waals surface area contributed by atoms with E-state index in [1.165, 1.54) is 12.1 Å². The van der Waals surface area contributed by atoms with Crippen molar-refractivity contribution in [3.63, 3.8) is 0 Å². The highest BCUT2D eigenvalue weighted by molar-refractivity contribution is 6.20. The number of non-ortho nitro benzene ring substituents is 1. The lowest BCUT2D eigenvalue weighted by Gasteiger charge is -2.54. The van der Waals surface area contributed by atoms with Crippen molar-refractivity contribution in [1.29, 1.82) is 0 Å². The van der Waals surface area contributed by atoms with Crippen LogP contribution in [0.15, 0.2) is 18.2 Å². The molecule has 136 valence electrons. The molecule has 3 heterocycles. The van der Waals surface area contributed by atoms with Gasteiger partial charge in [0.05, 0.1) is 23.7 Å². The van der Waals surface area contributed by atoms with Gasteiger partial charge in [-0.15, -0.1) is 0 Å². The van der Waals surface area contributed by atoms with Gasteiger partial charge in [0.25, 0.3) is 5.69 Å². The molecule has 4 rings (SSSR count). The number of hydrogen-bond acceptors (Lipinski definition) is 7. The molecule has 2 unspecified atom stereocenters. The summed E-state index contributed by atoms with van der Waals surface area (Å²) in [4.78, 5) is 49.7. The highest BCUT2D eigenvalue weighted by Crippen LogP contribution is 2.46. The Balaban J connectivity index is 1.91. The second-order valence-electron chi connectivity index (χ2n) is 6.67.